The first-order valence-corrected chi connectivity index (χ1v) is 2.73. The number of aliphatic carboxylic acids is 1. The number of hydrogen-bond donors (Lipinski definition) is 1. The third-order valence-corrected chi connectivity index (χ3v) is 0.757. The minimum atomic E-state index is -1.02. The maximum Gasteiger partial charge on any atom is 0.0427 e. The van der Waals surface area contributed by atoms with Gasteiger partial charge in [-0.2, -0.15) is 0 Å². The SMILES string of the molecule is CN(C)NCCC(=O)[O-]. The van der Waals surface area contributed by atoms with E-state index in [0.29, 0.717) is 6.54 Å². The zero-order chi connectivity index (χ0) is 7.28. The highest BCUT2D eigenvalue weighted by Gasteiger charge is 1.87. The van der Waals surface area contributed by atoms with Crippen LogP contribution in [0.4, 0.5) is 0 Å². The van der Waals surface area contributed by atoms with Crippen LogP contribution >= 0.6 is 0 Å². The second kappa shape index (κ2) is 4.29. The minimum absolute atomic E-state index is 0.0537. The summed E-state index contributed by atoms with van der Waals surface area (Å²) in [5.41, 5.74) is 2.79. The standard InChI is InChI=1S/C5H12N2O2/c1-7(2)6-4-3-5(8)9/h6H,3-4H2,1-2H3,(H,8,9)/p-1. The molecule has 0 radical (unpaired) electrons. The van der Waals surface area contributed by atoms with Gasteiger partial charge >= 0.3 is 0 Å². The molecule has 0 heterocycles. The average molecular weight is 131 g/mol. The lowest BCUT2D eigenvalue weighted by Gasteiger charge is -2.11. The van der Waals surface area contributed by atoms with Crippen molar-refractivity contribution in [3.8, 4) is 0 Å². The predicted octanol–water partition coefficient (Wildman–Crippen LogP) is -1.81. The van der Waals surface area contributed by atoms with E-state index in [-0.39, 0.29) is 6.42 Å². The molecule has 0 atom stereocenters. The van der Waals surface area contributed by atoms with Crippen LogP contribution in [-0.2, 0) is 4.79 Å². The van der Waals surface area contributed by atoms with Crippen LogP contribution in [0.3, 0.4) is 0 Å². The Balaban J connectivity index is 3.01. The molecule has 0 saturated carbocycles. The number of hydrogen-bond acceptors (Lipinski definition) is 4. The number of carboxylic acid groups (broad SMARTS) is 1. The van der Waals surface area contributed by atoms with Crippen molar-refractivity contribution < 1.29 is 9.90 Å². The second-order valence-electron chi connectivity index (χ2n) is 1.92. The Labute approximate surface area is 54.4 Å². The molecule has 0 aromatic heterocycles. The first kappa shape index (κ1) is 8.39. The number of rotatable bonds is 4. The van der Waals surface area contributed by atoms with E-state index in [2.05, 4.69) is 5.43 Å². The maximum absolute atomic E-state index is 9.81. The summed E-state index contributed by atoms with van der Waals surface area (Å²) in [4.78, 5) is 9.81. The maximum atomic E-state index is 9.81. The number of carbonyl (C=O) groups excluding carboxylic acids is 1. The van der Waals surface area contributed by atoms with E-state index in [1.807, 2.05) is 0 Å². The quantitative estimate of drug-likeness (QED) is 0.457. The van der Waals surface area contributed by atoms with E-state index >= 15 is 0 Å². The molecule has 0 unspecified atom stereocenters. The van der Waals surface area contributed by atoms with Gasteiger partial charge in [0.1, 0.15) is 0 Å². The molecule has 0 spiro atoms. The van der Waals surface area contributed by atoms with Gasteiger partial charge in [0.2, 0.25) is 0 Å². The van der Waals surface area contributed by atoms with E-state index in [4.69, 9.17) is 0 Å². The first-order valence-electron chi connectivity index (χ1n) is 2.73. The molecule has 4 nitrogen and oxygen atoms in total. The highest BCUT2D eigenvalue weighted by atomic mass is 16.4. The molecule has 0 fully saturated rings. The first-order chi connectivity index (χ1) is 4.13. The van der Waals surface area contributed by atoms with Crippen molar-refractivity contribution in [2.75, 3.05) is 20.6 Å². The largest absolute Gasteiger partial charge is 0.550 e. The molecule has 0 rings (SSSR count). The van der Waals surface area contributed by atoms with Gasteiger partial charge in [0.05, 0.1) is 0 Å². The normalized spacial score (nSPS) is 10.1. The van der Waals surface area contributed by atoms with E-state index in [9.17, 15) is 9.90 Å². The third-order valence-electron chi connectivity index (χ3n) is 0.757. The van der Waals surface area contributed by atoms with E-state index in [0.717, 1.165) is 0 Å². The van der Waals surface area contributed by atoms with Crippen LogP contribution in [0, 0.1) is 0 Å². The Bertz CT molecular complexity index is 93.0. The van der Waals surface area contributed by atoms with Gasteiger partial charge in [-0.05, 0) is 0 Å². The summed E-state index contributed by atoms with van der Waals surface area (Å²) in [5.74, 6) is -1.02. The van der Waals surface area contributed by atoms with Crippen LogP contribution in [0.25, 0.3) is 0 Å². The smallest absolute Gasteiger partial charge is 0.0427 e. The third kappa shape index (κ3) is 7.39. The van der Waals surface area contributed by atoms with Crippen molar-refractivity contribution >= 4 is 5.97 Å². The summed E-state index contributed by atoms with van der Waals surface area (Å²) in [6, 6.07) is 0. The molecule has 0 aliphatic carbocycles. The van der Waals surface area contributed by atoms with Crippen LogP contribution in [-0.4, -0.2) is 31.6 Å². The Kier molecular flexibility index (Phi) is 4.00. The van der Waals surface area contributed by atoms with E-state index in [1.54, 1.807) is 19.1 Å². The minimum Gasteiger partial charge on any atom is -0.550 e. The average Bonchev–Trinajstić information content (AvgIpc) is 1.63. The Hall–Kier alpha value is -0.610. The fourth-order valence-corrected chi connectivity index (χ4v) is 0.382. The van der Waals surface area contributed by atoms with Crippen molar-refractivity contribution in [2.24, 2.45) is 0 Å². The van der Waals surface area contributed by atoms with Gasteiger partial charge in [0, 0.05) is 33.0 Å². The van der Waals surface area contributed by atoms with Crippen molar-refractivity contribution in [1.29, 1.82) is 0 Å². The van der Waals surface area contributed by atoms with Crippen LogP contribution in [0.1, 0.15) is 6.42 Å². The summed E-state index contributed by atoms with van der Waals surface area (Å²) < 4.78 is 0. The monoisotopic (exact) mass is 131 g/mol. The van der Waals surface area contributed by atoms with Crippen molar-refractivity contribution in [1.82, 2.24) is 10.4 Å². The topological polar surface area (TPSA) is 55.4 Å². The molecule has 4 heteroatoms. The van der Waals surface area contributed by atoms with Crippen LogP contribution < -0.4 is 10.5 Å². The van der Waals surface area contributed by atoms with Crippen LogP contribution in [0.5, 0.6) is 0 Å². The van der Waals surface area contributed by atoms with E-state index in [1.165, 1.54) is 0 Å². The highest BCUT2D eigenvalue weighted by Crippen LogP contribution is 1.71. The molecule has 0 aliphatic heterocycles. The fraction of sp³-hybridized carbons (Fsp3) is 0.800. The predicted molar refractivity (Wildman–Crippen MR) is 31.3 cm³/mol. The highest BCUT2D eigenvalue weighted by molar-refractivity contribution is 5.64. The van der Waals surface area contributed by atoms with Crippen molar-refractivity contribution in [3.05, 3.63) is 0 Å². The van der Waals surface area contributed by atoms with Gasteiger partial charge in [0.15, 0.2) is 0 Å². The summed E-state index contributed by atoms with van der Waals surface area (Å²) in [6.45, 7) is 0.426. The molecular formula is C5H11N2O2-. The molecule has 9 heavy (non-hydrogen) atoms. The van der Waals surface area contributed by atoms with Gasteiger partial charge in [-0.1, -0.05) is 0 Å². The molecule has 1 N–H and O–H groups in total. The summed E-state index contributed by atoms with van der Waals surface area (Å²) in [5, 5.41) is 11.5. The van der Waals surface area contributed by atoms with Crippen LogP contribution in [0.15, 0.2) is 0 Å². The molecule has 0 saturated heterocycles. The lowest BCUT2D eigenvalue weighted by atomic mass is 10.4. The van der Waals surface area contributed by atoms with Gasteiger partial charge in [-0.3, -0.25) is 10.4 Å². The van der Waals surface area contributed by atoms with Crippen molar-refractivity contribution in [3.63, 3.8) is 0 Å². The number of carbonyl (C=O) groups is 1. The second-order valence-corrected chi connectivity index (χ2v) is 1.92. The molecule has 0 aromatic rings. The number of hydrazine groups is 1. The van der Waals surface area contributed by atoms with Crippen molar-refractivity contribution in [2.45, 2.75) is 6.42 Å². The van der Waals surface area contributed by atoms with Gasteiger partial charge in [0.25, 0.3) is 0 Å². The fourth-order valence-electron chi connectivity index (χ4n) is 0.382. The molecular weight excluding hydrogens is 120 g/mol. The number of nitrogens with one attached hydrogen (secondary N) is 1. The van der Waals surface area contributed by atoms with Gasteiger partial charge in [-0.15, -0.1) is 0 Å². The molecule has 0 amide bonds. The zero-order valence-corrected chi connectivity index (χ0v) is 5.68. The lowest BCUT2D eigenvalue weighted by molar-refractivity contribution is -0.305. The molecule has 54 valence electrons. The Morgan fingerprint density at radius 1 is 1.67 bits per heavy atom. The van der Waals surface area contributed by atoms with Gasteiger partial charge in [-0.25, -0.2) is 0 Å². The van der Waals surface area contributed by atoms with Crippen LogP contribution in [0.2, 0.25) is 0 Å². The number of nitrogens with zero attached hydrogens (tertiary/aromatic N) is 1. The Morgan fingerprint density at radius 2 is 2.22 bits per heavy atom. The molecule has 0 aliphatic rings. The van der Waals surface area contributed by atoms with E-state index < -0.39 is 5.97 Å². The van der Waals surface area contributed by atoms with Gasteiger partial charge < -0.3 is 9.90 Å². The number of carboxylic acids is 1. The lowest BCUT2D eigenvalue weighted by Crippen LogP contribution is -2.34. The summed E-state index contributed by atoms with van der Waals surface area (Å²) in [6.07, 6.45) is 0.0537. The molecule has 0 bridgehead atoms. The summed E-state index contributed by atoms with van der Waals surface area (Å²) >= 11 is 0. The zero-order valence-electron chi connectivity index (χ0n) is 5.68. The summed E-state index contributed by atoms with van der Waals surface area (Å²) in [7, 11) is 3.60. The Morgan fingerprint density at radius 3 is 2.56 bits per heavy atom. The molecule has 0 aromatic carbocycles.